The van der Waals surface area contributed by atoms with Gasteiger partial charge in [-0.25, -0.2) is 4.98 Å². The minimum absolute atomic E-state index is 0.214. The van der Waals surface area contributed by atoms with E-state index in [4.69, 9.17) is 14.5 Å². The molecular formula is C23H19BrN2O3S2. The predicted molar refractivity (Wildman–Crippen MR) is 131 cm³/mol. The summed E-state index contributed by atoms with van der Waals surface area (Å²) in [5.41, 5.74) is 3.37. The van der Waals surface area contributed by atoms with Crippen LogP contribution in [0.2, 0.25) is 0 Å². The van der Waals surface area contributed by atoms with Crippen LogP contribution in [0.3, 0.4) is 0 Å². The third-order valence-corrected chi connectivity index (χ3v) is 7.25. The summed E-state index contributed by atoms with van der Waals surface area (Å²) in [6.45, 7) is 0. The summed E-state index contributed by atoms with van der Waals surface area (Å²) < 4.78 is 13.6. The first-order valence-corrected chi connectivity index (χ1v) is 12.0. The molecule has 0 radical (unpaired) electrons. The minimum atomic E-state index is -0.214. The fraction of sp³-hybridized carbons (Fsp3) is 0.130. The van der Waals surface area contributed by atoms with Crippen molar-refractivity contribution in [1.29, 1.82) is 0 Å². The number of benzene rings is 3. The Morgan fingerprint density at radius 2 is 1.90 bits per heavy atom. The highest BCUT2D eigenvalue weighted by Crippen LogP contribution is 2.33. The van der Waals surface area contributed by atoms with Gasteiger partial charge in [-0.15, -0.1) is 11.3 Å². The third-order valence-electron chi connectivity index (χ3n) is 4.52. The van der Waals surface area contributed by atoms with Crippen molar-refractivity contribution in [3.8, 4) is 11.5 Å². The molecule has 0 fully saturated rings. The smallest absolute Gasteiger partial charge is 0.255 e. The highest BCUT2D eigenvalue weighted by atomic mass is 79.9. The van der Waals surface area contributed by atoms with Gasteiger partial charge in [0.15, 0.2) is 15.8 Å². The Morgan fingerprint density at radius 3 is 2.68 bits per heavy atom. The molecular weight excluding hydrogens is 496 g/mol. The predicted octanol–water partition coefficient (Wildman–Crippen LogP) is 6.62. The van der Waals surface area contributed by atoms with Gasteiger partial charge in [-0.2, -0.15) is 0 Å². The highest BCUT2D eigenvalue weighted by molar-refractivity contribution is 9.10. The van der Waals surface area contributed by atoms with E-state index in [0.717, 1.165) is 30.5 Å². The van der Waals surface area contributed by atoms with Gasteiger partial charge in [0, 0.05) is 21.5 Å². The first-order valence-electron chi connectivity index (χ1n) is 9.37. The van der Waals surface area contributed by atoms with Crippen LogP contribution in [-0.4, -0.2) is 25.1 Å². The SMILES string of the molecule is COc1ccc(C(=O)Nc2ccc3nc(SCc4cccc(Br)c4)sc3c2)cc1OC. The van der Waals surface area contributed by atoms with Gasteiger partial charge >= 0.3 is 0 Å². The van der Waals surface area contributed by atoms with E-state index in [2.05, 4.69) is 33.4 Å². The van der Waals surface area contributed by atoms with Crippen LogP contribution in [0.4, 0.5) is 5.69 Å². The van der Waals surface area contributed by atoms with Crippen LogP contribution in [0.15, 0.2) is 69.5 Å². The summed E-state index contributed by atoms with van der Waals surface area (Å²) in [5, 5.41) is 2.94. The summed E-state index contributed by atoms with van der Waals surface area (Å²) in [6, 6.07) is 19.1. The van der Waals surface area contributed by atoms with Crippen molar-refractivity contribution >= 4 is 60.8 Å². The maximum Gasteiger partial charge on any atom is 0.255 e. The van der Waals surface area contributed by atoms with Crippen LogP contribution in [0.5, 0.6) is 11.5 Å². The van der Waals surface area contributed by atoms with Crippen molar-refractivity contribution in [2.45, 2.75) is 10.1 Å². The molecule has 0 aliphatic heterocycles. The number of hydrogen-bond donors (Lipinski definition) is 1. The Bertz CT molecular complexity index is 1240. The van der Waals surface area contributed by atoms with Crippen molar-refractivity contribution in [3.05, 3.63) is 76.3 Å². The average molecular weight is 515 g/mol. The molecule has 0 bridgehead atoms. The fourth-order valence-corrected chi connectivity index (χ4v) is 5.49. The second-order valence-corrected chi connectivity index (χ2v) is 9.77. The van der Waals surface area contributed by atoms with Crippen LogP contribution < -0.4 is 14.8 Å². The number of amides is 1. The Kier molecular flexibility index (Phi) is 6.80. The van der Waals surface area contributed by atoms with Gasteiger partial charge in [0.2, 0.25) is 0 Å². The number of ether oxygens (including phenoxy) is 2. The van der Waals surface area contributed by atoms with Crippen LogP contribution in [0.25, 0.3) is 10.2 Å². The Hall–Kier alpha value is -2.55. The molecule has 1 aromatic heterocycles. The number of nitrogens with zero attached hydrogens (tertiary/aromatic N) is 1. The molecule has 0 saturated heterocycles. The number of thiazole rings is 1. The number of fused-ring (bicyclic) bond motifs is 1. The molecule has 0 atom stereocenters. The first kappa shape index (κ1) is 21.7. The molecule has 0 unspecified atom stereocenters. The van der Waals surface area contributed by atoms with E-state index in [9.17, 15) is 4.79 Å². The van der Waals surface area contributed by atoms with Gasteiger partial charge in [0.05, 0.1) is 24.4 Å². The van der Waals surface area contributed by atoms with Crippen LogP contribution in [0, 0.1) is 0 Å². The Labute approximate surface area is 196 Å². The average Bonchev–Trinajstić information content (AvgIpc) is 3.19. The largest absolute Gasteiger partial charge is 0.493 e. The Balaban J connectivity index is 1.47. The summed E-state index contributed by atoms with van der Waals surface area (Å²) in [4.78, 5) is 17.4. The van der Waals surface area contributed by atoms with Gasteiger partial charge < -0.3 is 14.8 Å². The summed E-state index contributed by atoms with van der Waals surface area (Å²) >= 11 is 6.83. The fourth-order valence-electron chi connectivity index (χ4n) is 3.00. The summed E-state index contributed by atoms with van der Waals surface area (Å²) in [7, 11) is 3.11. The maximum absolute atomic E-state index is 12.7. The lowest BCUT2D eigenvalue weighted by Crippen LogP contribution is -2.12. The highest BCUT2D eigenvalue weighted by Gasteiger charge is 2.12. The minimum Gasteiger partial charge on any atom is -0.493 e. The van der Waals surface area contributed by atoms with Crippen molar-refractivity contribution in [2.75, 3.05) is 19.5 Å². The Morgan fingerprint density at radius 1 is 1.06 bits per heavy atom. The molecule has 1 N–H and O–H groups in total. The monoisotopic (exact) mass is 514 g/mol. The number of halogens is 1. The molecule has 4 rings (SSSR count). The number of thioether (sulfide) groups is 1. The lowest BCUT2D eigenvalue weighted by atomic mass is 10.2. The normalized spacial score (nSPS) is 10.8. The quantitative estimate of drug-likeness (QED) is 0.280. The van der Waals surface area contributed by atoms with Crippen LogP contribution in [0.1, 0.15) is 15.9 Å². The van der Waals surface area contributed by atoms with Gasteiger partial charge in [-0.1, -0.05) is 39.8 Å². The lowest BCUT2D eigenvalue weighted by molar-refractivity contribution is 0.102. The van der Waals surface area contributed by atoms with E-state index in [1.165, 1.54) is 5.56 Å². The van der Waals surface area contributed by atoms with E-state index in [1.807, 2.05) is 30.3 Å². The molecule has 0 saturated carbocycles. The van der Waals surface area contributed by atoms with Gasteiger partial charge in [0.1, 0.15) is 0 Å². The topological polar surface area (TPSA) is 60.5 Å². The number of nitrogens with one attached hydrogen (secondary N) is 1. The summed E-state index contributed by atoms with van der Waals surface area (Å²) in [5.74, 6) is 1.73. The molecule has 8 heteroatoms. The standard InChI is InChI=1S/C23H19BrN2O3S2/c1-28-19-9-6-15(11-20(19)29-2)22(27)25-17-7-8-18-21(12-17)31-23(26-18)30-13-14-4-3-5-16(24)10-14/h3-12H,13H2,1-2H3,(H,25,27). The molecule has 1 amide bonds. The molecule has 0 aliphatic carbocycles. The van der Waals surface area contributed by atoms with Crippen molar-refractivity contribution in [3.63, 3.8) is 0 Å². The zero-order valence-electron chi connectivity index (χ0n) is 16.8. The molecule has 0 aliphatic rings. The molecule has 158 valence electrons. The van der Waals surface area contributed by atoms with Crippen LogP contribution >= 0.6 is 39.0 Å². The van der Waals surface area contributed by atoms with E-state index in [1.54, 1.807) is 55.5 Å². The maximum atomic E-state index is 12.7. The lowest BCUT2D eigenvalue weighted by Gasteiger charge is -2.10. The van der Waals surface area contributed by atoms with Gasteiger partial charge in [-0.05, 0) is 54.1 Å². The second kappa shape index (κ2) is 9.72. The third kappa shape index (κ3) is 5.20. The number of carbonyl (C=O) groups is 1. The van der Waals surface area contributed by atoms with Crippen molar-refractivity contribution in [2.24, 2.45) is 0 Å². The second-order valence-electron chi connectivity index (χ2n) is 6.60. The molecule has 5 nitrogen and oxygen atoms in total. The van der Waals surface area contributed by atoms with Crippen molar-refractivity contribution < 1.29 is 14.3 Å². The van der Waals surface area contributed by atoms with Gasteiger partial charge in [-0.3, -0.25) is 4.79 Å². The van der Waals surface area contributed by atoms with E-state index in [0.29, 0.717) is 17.1 Å². The number of rotatable bonds is 7. The van der Waals surface area contributed by atoms with Crippen molar-refractivity contribution in [1.82, 2.24) is 4.98 Å². The zero-order chi connectivity index (χ0) is 21.8. The molecule has 0 spiro atoms. The molecule has 4 aromatic rings. The molecule has 3 aromatic carbocycles. The van der Waals surface area contributed by atoms with E-state index >= 15 is 0 Å². The van der Waals surface area contributed by atoms with Gasteiger partial charge in [0.25, 0.3) is 5.91 Å². The number of carbonyl (C=O) groups excluding carboxylic acids is 1. The molecule has 1 heterocycles. The zero-order valence-corrected chi connectivity index (χ0v) is 20.1. The number of methoxy groups -OCH3 is 2. The summed E-state index contributed by atoms with van der Waals surface area (Å²) in [6.07, 6.45) is 0. The number of hydrogen-bond acceptors (Lipinski definition) is 6. The van der Waals surface area contributed by atoms with E-state index < -0.39 is 0 Å². The first-order chi connectivity index (χ1) is 15.1. The number of anilines is 1. The van der Waals surface area contributed by atoms with E-state index in [-0.39, 0.29) is 5.91 Å². The van der Waals surface area contributed by atoms with Crippen LogP contribution in [-0.2, 0) is 5.75 Å². The molecule has 31 heavy (non-hydrogen) atoms. The number of aromatic nitrogens is 1.